The Morgan fingerprint density at radius 3 is 2.62 bits per heavy atom. The Labute approximate surface area is 94.0 Å². The molecule has 0 atom stereocenters. The predicted molar refractivity (Wildman–Crippen MR) is 58.3 cm³/mol. The van der Waals surface area contributed by atoms with Crippen LogP contribution in [0.15, 0.2) is 12.4 Å². The second-order valence-electron chi connectivity index (χ2n) is 3.02. The molecule has 88 valence electrons. The molecule has 1 rings (SSSR count). The Kier molecular flexibility index (Phi) is 5.21. The van der Waals surface area contributed by atoms with Crippen LogP contribution in [0, 0.1) is 0 Å². The van der Waals surface area contributed by atoms with Crippen LogP contribution in [0.3, 0.4) is 0 Å². The first kappa shape index (κ1) is 12.4. The first-order valence-electron chi connectivity index (χ1n) is 5.00. The van der Waals surface area contributed by atoms with Crippen LogP contribution in [-0.4, -0.2) is 36.4 Å². The lowest BCUT2D eigenvalue weighted by atomic mass is 10.3. The van der Waals surface area contributed by atoms with E-state index in [0.29, 0.717) is 6.61 Å². The van der Waals surface area contributed by atoms with Gasteiger partial charge in [0.25, 0.3) is 0 Å². The number of methoxy groups -OCH3 is 1. The van der Waals surface area contributed by atoms with Crippen molar-refractivity contribution < 1.29 is 14.3 Å². The van der Waals surface area contributed by atoms with Gasteiger partial charge in [-0.05, 0) is 12.0 Å². The van der Waals surface area contributed by atoms with Gasteiger partial charge < -0.3 is 9.47 Å². The van der Waals surface area contributed by atoms with E-state index in [4.69, 9.17) is 9.47 Å². The van der Waals surface area contributed by atoms with Gasteiger partial charge >= 0.3 is 6.09 Å². The second kappa shape index (κ2) is 6.73. The maximum absolute atomic E-state index is 11.2. The standard InChI is InChI=1S/C10H15N3O3/c1-3-8-6-11-9(12-7-8)13-10(14)16-5-4-15-2/h6-7H,3-5H2,1-2H3,(H,11,12,13,14). The minimum absolute atomic E-state index is 0.204. The number of anilines is 1. The van der Waals surface area contributed by atoms with Crippen LogP contribution < -0.4 is 5.32 Å². The summed E-state index contributed by atoms with van der Waals surface area (Å²) in [6, 6.07) is 0. The van der Waals surface area contributed by atoms with E-state index >= 15 is 0 Å². The minimum Gasteiger partial charge on any atom is -0.447 e. The molecular weight excluding hydrogens is 210 g/mol. The molecule has 0 saturated heterocycles. The monoisotopic (exact) mass is 225 g/mol. The number of carbonyl (C=O) groups excluding carboxylic acids is 1. The molecular formula is C10H15N3O3. The van der Waals surface area contributed by atoms with Gasteiger partial charge in [0, 0.05) is 19.5 Å². The minimum atomic E-state index is -0.582. The molecule has 1 N–H and O–H groups in total. The maximum Gasteiger partial charge on any atom is 0.414 e. The lowest BCUT2D eigenvalue weighted by molar-refractivity contribution is 0.107. The third-order valence-corrected chi connectivity index (χ3v) is 1.85. The summed E-state index contributed by atoms with van der Waals surface area (Å²) in [4.78, 5) is 19.1. The molecule has 0 spiro atoms. The predicted octanol–water partition coefficient (Wildman–Crippen LogP) is 1.23. The van der Waals surface area contributed by atoms with Gasteiger partial charge in [0.15, 0.2) is 0 Å². The van der Waals surface area contributed by atoms with Gasteiger partial charge in [-0.15, -0.1) is 0 Å². The van der Waals surface area contributed by atoms with Crippen LogP contribution >= 0.6 is 0 Å². The fourth-order valence-corrected chi connectivity index (χ4v) is 0.947. The van der Waals surface area contributed by atoms with E-state index in [1.165, 1.54) is 7.11 Å². The fraction of sp³-hybridized carbons (Fsp3) is 0.500. The van der Waals surface area contributed by atoms with Crippen LogP contribution in [0.25, 0.3) is 0 Å². The Morgan fingerprint density at radius 2 is 2.06 bits per heavy atom. The van der Waals surface area contributed by atoms with Crippen molar-refractivity contribution in [2.24, 2.45) is 0 Å². The van der Waals surface area contributed by atoms with E-state index in [9.17, 15) is 4.79 Å². The number of rotatable bonds is 5. The molecule has 0 fully saturated rings. The highest BCUT2D eigenvalue weighted by Crippen LogP contribution is 2.01. The van der Waals surface area contributed by atoms with E-state index in [1.54, 1.807) is 12.4 Å². The van der Waals surface area contributed by atoms with Crippen molar-refractivity contribution in [3.63, 3.8) is 0 Å². The first-order chi connectivity index (χ1) is 7.76. The molecule has 0 radical (unpaired) electrons. The third-order valence-electron chi connectivity index (χ3n) is 1.85. The maximum atomic E-state index is 11.2. The summed E-state index contributed by atoms with van der Waals surface area (Å²) in [5.41, 5.74) is 1.01. The van der Waals surface area contributed by atoms with Crippen LogP contribution in [0.1, 0.15) is 12.5 Å². The molecule has 6 heteroatoms. The van der Waals surface area contributed by atoms with Crippen molar-refractivity contribution in [3.05, 3.63) is 18.0 Å². The van der Waals surface area contributed by atoms with Gasteiger partial charge in [0.1, 0.15) is 6.61 Å². The van der Waals surface area contributed by atoms with E-state index in [2.05, 4.69) is 15.3 Å². The summed E-state index contributed by atoms with van der Waals surface area (Å²) in [5.74, 6) is 0.236. The van der Waals surface area contributed by atoms with Crippen LogP contribution in [-0.2, 0) is 15.9 Å². The van der Waals surface area contributed by atoms with E-state index in [0.717, 1.165) is 12.0 Å². The lowest BCUT2D eigenvalue weighted by Gasteiger charge is -2.05. The van der Waals surface area contributed by atoms with Crippen LogP contribution in [0.2, 0.25) is 0 Å². The number of nitrogens with zero attached hydrogens (tertiary/aromatic N) is 2. The first-order valence-corrected chi connectivity index (χ1v) is 5.00. The highest BCUT2D eigenvalue weighted by atomic mass is 16.6. The largest absolute Gasteiger partial charge is 0.447 e. The SMILES string of the molecule is CCc1cnc(NC(=O)OCCOC)nc1. The summed E-state index contributed by atoms with van der Waals surface area (Å²) in [7, 11) is 1.54. The molecule has 16 heavy (non-hydrogen) atoms. The zero-order chi connectivity index (χ0) is 11.8. The van der Waals surface area contributed by atoms with Crippen molar-refractivity contribution in [1.29, 1.82) is 0 Å². The van der Waals surface area contributed by atoms with Crippen molar-refractivity contribution >= 4 is 12.0 Å². The zero-order valence-corrected chi connectivity index (χ0v) is 9.40. The van der Waals surface area contributed by atoms with Crippen LogP contribution in [0.5, 0.6) is 0 Å². The molecule has 0 saturated carbocycles. The molecule has 0 aliphatic heterocycles. The molecule has 0 bridgehead atoms. The van der Waals surface area contributed by atoms with Crippen molar-refractivity contribution in [3.8, 4) is 0 Å². The lowest BCUT2D eigenvalue weighted by Crippen LogP contribution is -2.17. The number of hydrogen-bond donors (Lipinski definition) is 1. The fourth-order valence-electron chi connectivity index (χ4n) is 0.947. The van der Waals surface area contributed by atoms with E-state index < -0.39 is 6.09 Å². The Bertz CT molecular complexity index is 327. The quantitative estimate of drug-likeness (QED) is 0.763. The summed E-state index contributed by atoms with van der Waals surface area (Å²) in [6.07, 6.45) is 3.61. The zero-order valence-electron chi connectivity index (χ0n) is 9.40. The Balaban J connectivity index is 2.37. The summed E-state index contributed by atoms with van der Waals surface area (Å²) in [5, 5.41) is 2.41. The highest BCUT2D eigenvalue weighted by molar-refractivity contribution is 5.82. The normalized spacial score (nSPS) is 9.88. The molecule has 0 aliphatic rings. The molecule has 6 nitrogen and oxygen atoms in total. The number of carbonyl (C=O) groups is 1. The summed E-state index contributed by atoms with van der Waals surface area (Å²) in [6.45, 7) is 2.57. The average molecular weight is 225 g/mol. The highest BCUT2D eigenvalue weighted by Gasteiger charge is 2.04. The number of aryl methyl sites for hydroxylation is 1. The van der Waals surface area contributed by atoms with Crippen molar-refractivity contribution in [2.75, 3.05) is 25.6 Å². The van der Waals surface area contributed by atoms with E-state index in [-0.39, 0.29) is 12.6 Å². The van der Waals surface area contributed by atoms with Crippen molar-refractivity contribution in [1.82, 2.24) is 9.97 Å². The molecule has 1 aromatic rings. The van der Waals surface area contributed by atoms with Gasteiger partial charge in [-0.3, -0.25) is 5.32 Å². The number of nitrogens with one attached hydrogen (secondary N) is 1. The van der Waals surface area contributed by atoms with Gasteiger partial charge in [-0.2, -0.15) is 0 Å². The second-order valence-corrected chi connectivity index (χ2v) is 3.02. The molecule has 0 aliphatic carbocycles. The smallest absolute Gasteiger partial charge is 0.414 e. The van der Waals surface area contributed by atoms with Crippen molar-refractivity contribution in [2.45, 2.75) is 13.3 Å². The van der Waals surface area contributed by atoms with Gasteiger partial charge in [-0.25, -0.2) is 14.8 Å². The molecule has 1 amide bonds. The molecule has 1 heterocycles. The Morgan fingerprint density at radius 1 is 1.38 bits per heavy atom. The Hall–Kier alpha value is -1.69. The topological polar surface area (TPSA) is 73.3 Å². The molecule has 1 aromatic heterocycles. The number of aromatic nitrogens is 2. The third kappa shape index (κ3) is 4.22. The number of hydrogen-bond acceptors (Lipinski definition) is 5. The van der Waals surface area contributed by atoms with Gasteiger partial charge in [0.2, 0.25) is 5.95 Å². The molecule has 0 unspecified atom stereocenters. The number of amides is 1. The van der Waals surface area contributed by atoms with E-state index in [1.807, 2.05) is 6.92 Å². The average Bonchev–Trinajstić information content (AvgIpc) is 2.30. The van der Waals surface area contributed by atoms with Gasteiger partial charge in [0.05, 0.1) is 6.61 Å². The summed E-state index contributed by atoms with van der Waals surface area (Å²) < 4.78 is 9.52. The molecule has 0 aromatic carbocycles. The van der Waals surface area contributed by atoms with Gasteiger partial charge in [-0.1, -0.05) is 6.92 Å². The van der Waals surface area contributed by atoms with Crippen LogP contribution in [0.4, 0.5) is 10.7 Å². The number of ether oxygens (including phenoxy) is 2. The summed E-state index contributed by atoms with van der Waals surface area (Å²) >= 11 is 0.